The molecule has 2 rings (SSSR count). The lowest BCUT2D eigenvalue weighted by Gasteiger charge is -2.06. The summed E-state index contributed by atoms with van der Waals surface area (Å²) in [7, 11) is 0. The van der Waals surface area contributed by atoms with E-state index in [0.717, 1.165) is 9.92 Å². The Kier molecular flexibility index (Phi) is 3.51. The van der Waals surface area contributed by atoms with Crippen LogP contribution in [0, 0.1) is 6.92 Å². The molecule has 1 atom stereocenters. The highest BCUT2D eigenvalue weighted by Crippen LogP contribution is 2.34. The Balaban J connectivity index is 2.10. The lowest BCUT2D eigenvalue weighted by atomic mass is 10.4. The number of benzene rings is 1. The van der Waals surface area contributed by atoms with Crippen LogP contribution in [0.15, 0.2) is 33.6 Å². The summed E-state index contributed by atoms with van der Waals surface area (Å²) in [4.78, 5) is 1.09. The van der Waals surface area contributed by atoms with Gasteiger partial charge >= 0.3 is 0 Å². The molecule has 0 amide bonds. The van der Waals surface area contributed by atoms with Crippen LogP contribution in [0.5, 0.6) is 0 Å². The molecule has 0 aliphatic heterocycles. The number of nitrogens with zero attached hydrogens (tertiary/aromatic N) is 2. The molecule has 0 saturated carbocycles. The van der Waals surface area contributed by atoms with Gasteiger partial charge in [0.05, 0.1) is 5.25 Å². The molecule has 0 bridgehead atoms. The average Bonchev–Trinajstić information content (AvgIpc) is 2.65. The Bertz CT molecular complexity index is 486. The third kappa shape index (κ3) is 2.77. The maximum atomic E-state index is 5.91. The average molecular weight is 255 g/mol. The van der Waals surface area contributed by atoms with E-state index >= 15 is 0 Å². The van der Waals surface area contributed by atoms with Crippen LogP contribution in [-0.4, -0.2) is 10.2 Å². The second-order valence-electron chi connectivity index (χ2n) is 3.38. The normalized spacial score (nSPS) is 12.7. The first-order chi connectivity index (χ1) is 7.65. The number of rotatable bonds is 3. The highest BCUT2D eigenvalue weighted by atomic mass is 35.5. The van der Waals surface area contributed by atoms with Crippen LogP contribution in [-0.2, 0) is 0 Å². The molecule has 0 aliphatic carbocycles. The SMILES string of the molecule is Cc1nnc(C(C)Sc2cccc(Cl)c2)o1. The smallest absolute Gasteiger partial charge is 0.229 e. The topological polar surface area (TPSA) is 38.9 Å². The van der Waals surface area contributed by atoms with Gasteiger partial charge in [0.15, 0.2) is 0 Å². The van der Waals surface area contributed by atoms with Crippen molar-refractivity contribution in [1.29, 1.82) is 0 Å². The third-order valence-corrected chi connectivity index (χ3v) is 3.31. The van der Waals surface area contributed by atoms with Gasteiger partial charge in [-0.25, -0.2) is 0 Å². The van der Waals surface area contributed by atoms with Crippen molar-refractivity contribution in [1.82, 2.24) is 10.2 Å². The van der Waals surface area contributed by atoms with Gasteiger partial charge in [-0.05, 0) is 25.1 Å². The van der Waals surface area contributed by atoms with Crippen molar-refractivity contribution in [3.8, 4) is 0 Å². The first-order valence-electron chi connectivity index (χ1n) is 4.87. The summed E-state index contributed by atoms with van der Waals surface area (Å²) in [5.41, 5.74) is 0. The number of hydrogen-bond acceptors (Lipinski definition) is 4. The predicted octanol–water partition coefficient (Wildman–Crippen LogP) is 3.88. The molecule has 84 valence electrons. The van der Waals surface area contributed by atoms with E-state index in [1.807, 2.05) is 31.2 Å². The summed E-state index contributed by atoms with van der Waals surface area (Å²) in [6, 6.07) is 7.71. The molecule has 1 heterocycles. The third-order valence-electron chi connectivity index (χ3n) is 2.00. The fourth-order valence-corrected chi connectivity index (χ4v) is 2.48. The summed E-state index contributed by atoms with van der Waals surface area (Å²) in [6.45, 7) is 3.81. The van der Waals surface area contributed by atoms with E-state index < -0.39 is 0 Å². The fourth-order valence-electron chi connectivity index (χ4n) is 1.27. The summed E-state index contributed by atoms with van der Waals surface area (Å²) >= 11 is 7.56. The molecule has 5 heteroatoms. The lowest BCUT2D eigenvalue weighted by Crippen LogP contribution is -1.88. The van der Waals surface area contributed by atoms with Gasteiger partial charge in [-0.15, -0.1) is 22.0 Å². The highest BCUT2D eigenvalue weighted by Gasteiger charge is 2.13. The fraction of sp³-hybridized carbons (Fsp3) is 0.273. The lowest BCUT2D eigenvalue weighted by molar-refractivity contribution is 0.470. The number of aryl methyl sites for hydroxylation is 1. The van der Waals surface area contributed by atoms with Crippen molar-refractivity contribution in [2.24, 2.45) is 0 Å². The summed E-state index contributed by atoms with van der Waals surface area (Å²) < 4.78 is 5.37. The van der Waals surface area contributed by atoms with Gasteiger partial charge in [0.25, 0.3) is 0 Å². The molecule has 3 nitrogen and oxygen atoms in total. The van der Waals surface area contributed by atoms with Gasteiger partial charge in [-0.1, -0.05) is 17.7 Å². The van der Waals surface area contributed by atoms with E-state index in [4.69, 9.17) is 16.0 Å². The minimum absolute atomic E-state index is 0.125. The van der Waals surface area contributed by atoms with Crippen molar-refractivity contribution in [3.63, 3.8) is 0 Å². The Morgan fingerprint density at radius 3 is 2.81 bits per heavy atom. The maximum Gasteiger partial charge on any atom is 0.229 e. The summed E-state index contributed by atoms with van der Waals surface area (Å²) in [6.07, 6.45) is 0. The van der Waals surface area contributed by atoms with Gasteiger partial charge in [0.1, 0.15) is 0 Å². The maximum absolute atomic E-state index is 5.91. The van der Waals surface area contributed by atoms with Crippen LogP contribution in [0.25, 0.3) is 0 Å². The molecular formula is C11H11ClN2OS. The minimum Gasteiger partial charge on any atom is -0.424 e. The molecule has 1 aromatic heterocycles. The zero-order valence-electron chi connectivity index (χ0n) is 8.98. The Hall–Kier alpha value is -1.00. The van der Waals surface area contributed by atoms with Crippen LogP contribution < -0.4 is 0 Å². The summed E-state index contributed by atoms with van der Waals surface area (Å²) in [5, 5.41) is 8.66. The molecular weight excluding hydrogens is 244 g/mol. The van der Waals surface area contributed by atoms with E-state index in [9.17, 15) is 0 Å². The van der Waals surface area contributed by atoms with E-state index in [2.05, 4.69) is 10.2 Å². The number of halogens is 1. The standard InChI is InChI=1S/C11H11ClN2OS/c1-7(11-14-13-8(2)15-11)16-10-5-3-4-9(12)6-10/h3-7H,1-2H3. The highest BCUT2D eigenvalue weighted by molar-refractivity contribution is 7.99. The van der Waals surface area contributed by atoms with Crippen LogP contribution in [0.3, 0.4) is 0 Å². The first kappa shape index (κ1) is 11.5. The van der Waals surface area contributed by atoms with Gasteiger partial charge in [-0.3, -0.25) is 0 Å². The molecule has 0 radical (unpaired) electrons. The van der Waals surface area contributed by atoms with Crippen LogP contribution in [0.1, 0.15) is 24.0 Å². The summed E-state index contributed by atoms with van der Waals surface area (Å²) in [5.74, 6) is 1.23. The Morgan fingerprint density at radius 2 is 2.19 bits per heavy atom. The van der Waals surface area contributed by atoms with Crippen LogP contribution >= 0.6 is 23.4 Å². The minimum atomic E-state index is 0.125. The Labute approximate surface area is 103 Å². The number of thioether (sulfide) groups is 1. The quantitative estimate of drug-likeness (QED) is 0.779. The molecule has 0 N–H and O–H groups in total. The zero-order chi connectivity index (χ0) is 11.5. The van der Waals surface area contributed by atoms with Crippen molar-refractivity contribution >= 4 is 23.4 Å². The van der Waals surface area contributed by atoms with Crippen LogP contribution in [0.4, 0.5) is 0 Å². The monoisotopic (exact) mass is 254 g/mol. The van der Waals surface area contributed by atoms with Crippen LogP contribution in [0.2, 0.25) is 5.02 Å². The number of aromatic nitrogens is 2. The molecule has 0 saturated heterocycles. The number of hydrogen-bond donors (Lipinski definition) is 0. The van der Waals surface area contributed by atoms with Crippen molar-refractivity contribution in [2.45, 2.75) is 24.0 Å². The predicted molar refractivity (Wildman–Crippen MR) is 64.8 cm³/mol. The molecule has 1 aromatic carbocycles. The zero-order valence-corrected chi connectivity index (χ0v) is 10.5. The van der Waals surface area contributed by atoms with Crippen molar-refractivity contribution < 1.29 is 4.42 Å². The van der Waals surface area contributed by atoms with E-state index in [1.54, 1.807) is 18.7 Å². The Morgan fingerprint density at radius 1 is 1.38 bits per heavy atom. The molecule has 0 fully saturated rings. The van der Waals surface area contributed by atoms with Crippen molar-refractivity contribution in [2.75, 3.05) is 0 Å². The van der Waals surface area contributed by atoms with Gasteiger partial charge in [0.2, 0.25) is 11.8 Å². The van der Waals surface area contributed by atoms with Gasteiger partial charge < -0.3 is 4.42 Å². The van der Waals surface area contributed by atoms with Gasteiger partial charge in [-0.2, -0.15) is 0 Å². The molecule has 2 aromatic rings. The molecule has 0 spiro atoms. The molecule has 0 aliphatic rings. The molecule has 16 heavy (non-hydrogen) atoms. The van der Waals surface area contributed by atoms with E-state index in [-0.39, 0.29) is 5.25 Å². The second kappa shape index (κ2) is 4.89. The van der Waals surface area contributed by atoms with E-state index in [1.165, 1.54) is 0 Å². The van der Waals surface area contributed by atoms with Gasteiger partial charge in [0, 0.05) is 16.8 Å². The largest absolute Gasteiger partial charge is 0.424 e. The van der Waals surface area contributed by atoms with Crippen molar-refractivity contribution in [3.05, 3.63) is 41.1 Å². The molecule has 1 unspecified atom stereocenters. The van der Waals surface area contributed by atoms with E-state index in [0.29, 0.717) is 11.8 Å². The first-order valence-corrected chi connectivity index (χ1v) is 6.13. The second-order valence-corrected chi connectivity index (χ2v) is 5.23.